The molecule has 0 saturated carbocycles. The number of aryl methyl sites for hydroxylation is 1. The van der Waals surface area contributed by atoms with E-state index in [2.05, 4.69) is 10.1 Å². The molecular weight excluding hydrogens is 393 g/mol. The zero-order chi connectivity index (χ0) is 21.6. The maximum atomic E-state index is 14.3. The maximum absolute atomic E-state index is 14.3. The van der Waals surface area contributed by atoms with Crippen molar-refractivity contribution in [3.63, 3.8) is 0 Å². The molecule has 0 fully saturated rings. The number of halogens is 1. The van der Waals surface area contributed by atoms with Crippen LogP contribution < -0.4 is 5.56 Å². The fourth-order valence-corrected chi connectivity index (χ4v) is 3.47. The molecule has 9 nitrogen and oxygen atoms in total. The average molecular weight is 411 g/mol. The topological polar surface area (TPSA) is 110 Å². The van der Waals surface area contributed by atoms with Gasteiger partial charge in [-0.1, -0.05) is 0 Å². The minimum absolute atomic E-state index is 0.108. The van der Waals surface area contributed by atoms with Crippen molar-refractivity contribution in [2.45, 2.75) is 26.6 Å². The predicted octanol–water partition coefficient (Wildman–Crippen LogP) is 1.33. The van der Waals surface area contributed by atoms with Gasteiger partial charge >= 0.3 is 5.97 Å². The Labute approximate surface area is 170 Å². The quantitative estimate of drug-likeness (QED) is 0.694. The Morgan fingerprint density at radius 1 is 1.20 bits per heavy atom. The van der Waals surface area contributed by atoms with Crippen LogP contribution in [0.4, 0.5) is 4.39 Å². The summed E-state index contributed by atoms with van der Waals surface area (Å²) in [5.74, 6) is -1.53. The molecule has 0 spiro atoms. The van der Waals surface area contributed by atoms with E-state index in [1.165, 1.54) is 38.7 Å². The molecule has 4 rings (SSSR count). The number of carbonyl (C=O) groups is 2. The van der Waals surface area contributed by atoms with Gasteiger partial charge in [0.25, 0.3) is 11.5 Å². The van der Waals surface area contributed by atoms with E-state index < -0.39 is 17.7 Å². The molecule has 0 aliphatic carbocycles. The first kappa shape index (κ1) is 19.5. The van der Waals surface area contributed by atoms with Gasteiger partial charge in [0, 0.05) is 24.4 Å². The van der Waals surface area contributed by atoms with Crippen molar-refractivity contribution < 1.29 is 19.1 Å². The Kier molecular flexibility index (Phi) is 4.69. The lowest BCUT2D eigenvalue weighted by Gasteiger charge is -2.15. The molecule has 1 N–H and O–H groups in total. The number of aliphatic carboxylic acids is 1. The lowest BCUT2D eigenvalue weighted by molar-refractivity contribution is -0.137. The summed E-state index contributed by atoms with van der Waals surface area (Å²) in [5.41, 5.74) is 1.83. The molecule has 3 aromatic rings. The van der Waals surface area contributed by atoms with Crippen molar-refractivity contribution in [1.82, 2.24) is 24.2 Å². The first-order valence-electron chi connectivity index (χ1n) is 9.13. The number of fused-ring (bicyclic) bond motifs is 1. The molecule has 3 heterocycles. The highest BCUT2D eigenvalue weighted by Gasteiger charge is 2.29. The minimum Gasteiger partial charge on any atom is -0.480 e. The zero-order valence-corrected chi connectivity index (χ0v) is 16.3. The molecule has 1 amide bonds. The molecular formula is C20H18FN5O4. The van der Waals surface area contributed by atoms with Crippen molar-refractivity contribution in [2.75, 3.05) is 0 Å². The van der Waals surface area contributed by atoms with E-state index in [1.54, 1.807) is 14.0 Å². The standard InChI is InChI=1S/C20H18FN5O4/c1-11-23-17-9-25(8-16(17)20(30)24(11)2)19(29)13-3-12(4-15(21)5-13)14-6-22-26(7-14)10-18(27)28/h3-7H,8-10H2,1-2H3,(H,27,28). The summed E-state index contributed by atoms with van der Waals surface area (Å²) in [6.07, 6.45) is 2.88. The number of hydrogen-bond donors (Lipinski definition) is 1. The van der Waals surface area contributed by atoms with Gasteiger partial charge in [-0.3, -0.25) is 23.6 Å². The average Bonchev–Trinajstić information content (AvgIpc) is 3.32. The number of nitrogens with zero attached hydrogens (tertiary/aromatic N) is 5. The van der Waals surface area contributed by atoms with Crippen molar-refractivity contribution >= 4 is 11.9 Å². The highest BCUT2D eigenvalue weighted by atomic mass is 19.1. The van der Waals surface area contributed by atoms with Gasteiger partial charge in [-0.15, -0.1) is 0 Å². The van der Waals surface area contributed by atoms with Gasteiger partial charge in [0.2, 0.25) is 0 Å². The molecule has 0 saturated heterocycles. The SMILES string of the molecule is Cc1nc2c(c(=O)n1C)CN(C(=O)c1cc(F)cc(-c3cnn(CC(=O)O)c3)c1)C2. The molecule has 154 valence electrons. The van der Waals surface area contributed by atoms with Crippen LogP contribution in [0.3, 0.4) is 0 Å². The van der Waals surface area contributed by atoms with Crippen LogP contribution in [0, 0.1) is 12.7 Å². The lowest BCUT2D eigenvalue weighted by Crippen LogP contribution is -2.27. The van der Waals surface area contributed by atoms with Crippen LogP contribution in [0.15, 0.2) is 35.4 Å². The second-order valence-electron chi connectivity index (χ2n) is 7.16. The number of benzene rings is 1. The first-order valence-corrected chi connectivity index (χ1v) is 9.13. The van der Waals surface area contributed by atoms with E-state index >= 15 is 0 Å². The monoisotopic (exact) mass is 411 g/mol. The summed E-state index contributed by atoms with van der Waals surface area (Å²) in [5, 5.41) is 12.8. The molecule has 1 aliphatic heterocycles. The molecule has 1 aliphatic rings. The fourth-order valence-electron chi connectivity index (χ4n) is 3.47. The number of hydrogen-bond acceptors (Lipinski definition) is 5. The van der Waals surface area contributed by atoms with Gasteiger partial charge in [-0.05, 0) is 30.7 Å². The Bertz CT molecular complexity index is 1250. The molecule has 1 aromatic carbocycles. The van der Waals surface area contributed by atoms with Crippen LogP contribution in [0.25, 0.3) is 11.1 Å². The van der Waals surface area contributed by atoms with E-state index in [4.69, 9.17) is 5.11 Å². The largest absolute Gasteiger partial charge is 0.480 e. The molecule has 0 bridgehead atoms. The fraction of sp³-hybridized carbons (Fsp3) is 0.250. The Balaban J connectivity index is 1.63. The zero-order valence-electron chi connectivity index (χ0n) is 16.3. The van der Waals surface area contributed by atoms with Crippen molar-refractivity contribution in [1.29, 1.82) is 0 Å². The summed E-state index contributed by atoms with van der Waals surface area (Å²) in [6.45, 7) is 1.67. The summed E-state index contributed by atoms with van der Waals surface area (Å²) >= 11 is 0. The molecule has 30 heavy (non-hydrogen) atoms. The second kappa shape index (κ2) is 7.21. The van der Waals surface area contributed by atoms with Crippen LogP contribution in [0.2, 0.25) is 0 Å². The van der Waals surface area contributed by atoms with Gasteiger partial charge in [0.15, 0.2) is 0 Å². The Morgan fingerprint density at radius 2 is 1.97 bits per heavy atom. The van der Waals surface area contributed by atoms with Gasteiger partial charge in [-0.25, -0.2) is 9.37 Å². The second-order valence-corrected chi connectivity index (χ2v) is 7.16. The van der Waals surface area contributed by atoms with E-state index in [0.29, 0.717) is 28.2 Å². The highest BCUT2D eigenvalue weighted by Crippen LogP contribution is 2.25. The van der Waals surface area contributed by atoms with Crippen LogP contribution in [0.5, 0.6) is 0 Å². The van der Waals surface area contributed by atoms with Crippen LogP contribution in [-0.4, -0.2) is 41.2 Å². The molecule has 10 heteroatoms. The number of carbonyl (C=O) groups excluding carboxylic acids is 1. The number of carboxylic acids is 1. The van der Waals surface area contributed by atoms with E-state index in [0.717, 1.165) is 6.07 Å². The summed E-state index contributed by atoms with van der Waals surface area (Å²) in [4.78, 5) is 42.1. The van der Waals surface area contributed by atoms with Gasteiger partial charge in [0.1, 0.15) is 18.2 Å². The Morgan fingerprint density at radius 3 is 2.70 bits per heavy atom. The Hall–Kier alpha value is -3.82. The number of aromatic nitrogens is 4. The van der Waals surface area contributed by atoms with E-state index in [-0.39, 0.29) is 30.8 Å². The van der Waals surface area contributed by atoms with Crippen molar-refractivity contribution in [3.05, 3.63) is 69.4 Å². The van der Waals surface area contributed by atoms with Gasteiger partial charge < -0.3 is 10.0 Å². The maximum Gasteiger partial charge on any atom is 0.325 e. The number of amides is 1. The molecule has 0 atom stereocenters. The third-order valence-electron chi connectivity index (χ3n) is 5.08. The van der Waals surface area contributed by atoms with E-state index in [9.17, 15) is 18.8 Å². The molecule has 0 unspecified atom stereocenters. The van der Waals surface area contributed by atoms with Crippen LogP contribution in [0.1, 0.15) is 27.4 Å². The molecule has 2 aromatic heterocycles. The summed E-state index contributed by atoms with van der Waals surface area (Å²) < 4.78 is 16.9. The van der Waals surface area contributed by atoms with Crippen molar-refractivity contribution in [2.24, 2.45) is 7.05 Å². The summed E-state index contributed by atoms with van der Waals surface area (Å²) in [7, 11) is 1.62. The lowest BCUT2D eigenvalue weighted by atomic mass is 10.0. The number of carboxylic acid groups (broad SMARTS) is 1. The smallest absolute Gasteiger partial charge is 0.325 e. The van der Waals surface area contributed by atoms with Crippen molar-refractivity contribution in [3.8, 4) is 11.1 Å². The van der Waals surface area contributed by atoms with Gasteiger partial charge in [0.05, 0.1) is 30.5 Å². The summed E-state index contributed by atoms with van der Waals surface area (Å²) in [6, 6.07) is 3.90. The first-order chi connectivity index (χ1) is 14.2. The number of rotatable bonds is 4. The third kappa shape index (κ3) is 3.47. The minimum atomic E-state index is -1.05. The molecule has 0 radical (unpaired) electrons. The van der Waals surface area contributed by atoms with E-state index in [1.807, 2.05) is 0 Å². The highest BCUT2D eigenvalue weighted by molar-refractivity contribution is 5.95. The van der Waals surface area contributed by atoms with Crippen LogP contribution in [-0.2, 0) is 31.5 Å². The third-order valence-corrected chi connectivity index (χ3v) is 5.08. The van der Waals surface area contributed by atoms with Gasteiger partial charge in [-0.2, -0.15) is 5.10 Å². The predicted molar refractivity (Wildman–Crippen MR) is 103 cm³/mol. The normalized spacial score (nSPS) is 12.8. The van der Waals surface area contributed by atoms with Crippen LogP contribution >= 0.6 is 0 Å².